The van der Waals surface area contributed by atoms with Crippen LogP contribution in [0.3, 0.4) is 0 Å². The number of para-hydroxylation sites is 1. The average molecular weight is 472 g/mol. The predicted octanol–water partition coefficient (Wildman–Crippen LogP) is 5.61. The molecule has 0 aliphatic carbocycles. The molecule has 4 aromatic rings. The lowest BCUT2D eigenvalue weighted by Crippen LogP contribution is -2.38. The molecule has 1 fully saturated rings. The Labute approximate surface area is 204 Å². The highest BCUT2D eigenvalue weighted by molar-refractivity contribution is 5.85. The first-order valence-corrected chi connectivity index (χ1v) is 12.2. The lowest BCUT2D eigenvalue weighted by atomic mass is 9.97. The number of hydrogen-bond acceptors (Lipinski definition) is 4. The quantitative estimate of drug-likeness (QED) is 0.367. The smallest absolute Gasteiger partial charge is 0.261 e. The zero-order valence-electron chi connectivity index (χ0n) is 20.2. The van der Waals surface area contributed by atoms with Crippen LogP contribution < -0.4 is 10.3 Å². The van der Waals surface area contributed by atoms with E-state index >= 15 is 0 Å². The van der Waals surface area contributed by atoms with Crippen LogP contribution in [-0.2, 0) is 6.54 Å². The number of rotatable bonds is 6. The minimum Gasteiger partial charge on any atom is -0.496 e. The van der Waals surface area contributed by atoms with Crippen molar-refractivity contribution in [3.63, 3.8) is 0 Å². The number of halogens is 1. The first-order valence-electron chi connectivity index (χ1n) is 12.2. The molecule has 0 amide bonds. The van der Waals surface area contributed by atoms with Crippen molar-refractivity contribution in [3.8, 4) is 28.3 Å². The van der Waals surface area contributed by atoms with Gasteiger partial charge in [0, 0.05) is 13.1 Å². The third-order valence-corrected chi connectivity index (χ3v) is 6.95. The van der Waals surface area contributed by atoms with Gasteiger partial charge in [0.15, 0.2) is 0 Å². The van der Waals surface area contributed by atoms with Crippen molar-refractivity contribution < 1.29 is 9.13 Å². The largest absolute Gasteiger partial charge is 0.496 e. The van der Waals surface area contributed by atoms with Crippen molar-refractivity contribution in [3.05, 3.63) is 82.9 Å². The highest BCUT2D eigenvalue weighted by Gasteiger charge is 2.23. The molecule has 180 valence electrons. The predicted molar refractivity (Wildman–Crippen MR) is 138 cm³/mol. The second-order valence-electron chi connectivity index (χ2n) is 9.20. The van der Waals surface area contributed by atoms with Gasteiger partial charge in [-0.25, -0.2) is 9.37 Å². The van der Waals surface area contributed by atoms with E-state index in [4.69, 9.17) is 9.72 Å². The van der Waals surface area contributed by atoms with E-state index < -0.39 is 0 Å². The zero-order valence-corrected chi connectivity index (χ0v) is 20.2. The summed E-state index contributed by atoms with van der Waals surface area (Å²) >= 11 is 0. The number of nitrogens with zero attached hydrogens (tertiary/aromatic N) is 3. The number of piperidine rings is 1. The highest BCUT2D eigenvalue weighted by atomic mass is 19.1. The van der Waals surface area contributed by atoms with E-state index in [1.165, 1.54) is 12.1 Å². The Morgan fingerprint density at radius 1 is 1.06 bits per heavy atom. The Kier molecular flexibility index (Phi) is 6.64. The maximum atomic E-state index is 14.0. The van der Waals surface area contributed by atoms with E-state index in [0.29, 0.717) is 34.9 Å². The summed E-state index contributed by atoms with van der Waals surface area (Å²) < 4.78 is 21.3. The summed E-state index contributed by atoms with van der Waals surface area (Å²) in [6.07, 6.45) is 2.21. The Morgan fingerprint density at radius 2 is 1.89 bits per heavy atom. The van der Waals surface area contributed by atoms with Gasteiger partial charge in [-0.05, 0) is 79.4 Å². The zero-order chi connectivity index (χ0) is 24.4. The molecule has 0 saturated carbocycles. The molecule has 0 N–H and O–H groups in total. The van der Waals surface area contributed by atoms with Crippen molar-refractivity contribution >= 4 is 10.9 Å². The van der Waals surface area contributed by atoms with Crippen LogP contribution in [0.5, 0.6) is 5.75 Å². The topological polar surface area (TPSA) is 47.4 Å². The van der Waals surface area contributed by atoms with Crippen molar-refractivity contribution in [2.75, 3.05) is 26.7 Å². The Morgan fingerprint density at radius 3 is 2.69 bits per heavy atom. The monoisotopic (exact) mass is 471 g/mol. The summed E-state index contributed by atoms with van der Waals surface area (Å²) in [7, 11) is 1.63. The van der Waals surface area contributed by atoms with Crippen LogP contribution in [0.2, 0.25) is 0 Å². The van der Waals surface area contributed by atoms with E-state index in [1.54, 1.807) is 13.2 Å². The molecule has 5 nitrogen and oxygen atoms in total. The van der Waals surface area contributed by atoms with Gasteiger partial charge in [-0.15, -0.1) is 0 Å². The van der Waals surface area contributed by atoms with Crippen LogP contribution in [0.15, 0.2) is 71.5 Å². The minimum atomic E-state index is -0.303. The first-order chi connectivity index (χ1) is 17.1. The maximum Gasteiger partial charge on any atom is 0.261 e. The normalized spacial score (nSPS) is 16.5. The van der Waals surface area contributed by atoms with Gasteiger partial charge >= 0.3 is 0 Å². The van der Waals surface area contributed by atoms with Gasteiger partial charge in [-0.1, -0.05) is 37.3 Å². The van der Waals surface area contributed by atoms with Crippen molar-refractivity contribution in [1.82, 2.24) is 14.5 Å². The molecule has 1 aliphatic heterocycles. The Bertz CT molecular complexity index is 1410. The van der Waals surface area contributed by atoms with Gasteiger partial charge in [0.2, 0.25) is 0 Å². The number of likely N-dealkylation sites (tertiary alicyclic amines) is 1. The number of ether oxygens (including phenoxy) is 1. The SMILES string of the molecule is CCN1CCCC(Cn2c(-c3ccccc3OC)nc3ccc(-c4cccc(F)c4)cc3c2=O)C1. The number of methoxy groups -OCH3 is 1. The summed E-state index contributed by atoms with van der Waals surface area (Å²) in [6.45, 7) is 5.86. The second-order valence-corrected chi connectivity index (χ2v) is 9.20. The number of aromatic nitrogens is 2. The van der Waals surface area contributed by atoms with Gasteiger partial charge in [0.05, 0.1) is 23.6 Å². The van der Waals surface area contributed by atoms with Crippen molar-refractivity contribution in [2.24, 2.45) is 5.92 Å². The fourth-order valence-corrected chi connectivity index (χ4v) is 5.12. The summed E-state index contributed by atoms with van der Waals surface area (Å²) in [5.41, 5.74) is 2.86. The summed E-state index contributed by atoms with van der Waals surface area (Å²) in [6, 6.07) is 19.7. The molecule has 1 atom stereocenters. The number of fused-ring (bicyclic) bond motifs is 1. The molecule has 0 spiro atoms. The molecule has 0 bridgehead atoms. The van der Waals surface area contributed by atoms with E-state index in [0.717, 1.165) is 49.2 Å². The molecule has 1 saturated heterocycles. The standard InChI is InChI=1S/C29H30FN3O2/c1-3-32-15-7-8-20(18-32)19-33-28(24-11-4-5-12-27(24)35-2)31-26-14-13-22(17-25(26)29(33)34)21-9-6-10-23(30)16-21/h4-6,9-14,16-17,20H,3,7-8,15,18-19H2,1-2H3. The summed E-state index contributed by atoms with van der Waals surface area (Å²) in [5.74, 6) is 1.36. The number of benzene rings is 3. The fourth-order valence-electron chi connectivity index (χ4n) is 5.12. The van der Waals surface area contributed by atoms with Crippen LogP contribution >= 0.6 is 0 Å². The van der Waals surface area contributed by atoms with Crippen molar-refractivity contribution in [2.45, 2.75) is 26.3 Å². The van der Waals surface area contributed by atoms with Gasteiger partial charge in [0.1, 0.15) is 17.4 Å². The lowest BCUT2D eigenvalue weighted by Gasteiger charge is -2.32. The summed E-state index contributed by atoms with van der Waals surface area (Å²) in [4.78, 5) is 21.4. The molecule has 1 aliphatic rings. The average Bonchev–Trinajstić information content (AvgIpc) is 2.90. The van der Waals surface area contributed by atoms with Crippen LogP contribution in [0, 0.1) is 11.7 Å². The first kappa shape index (κ1) is 23.2. The molecule has 5 rings (SSSR count). The fraction of sp³-hybridized carbons (Fsp3) is 0.310. The van der Waals surface area contributed by atoms with E-state index in [1.807, 2.05) is 53.1 Å². The van der Waals surface area contributed by atoms with E-state index in [9.17, 15) is 9.18 Å². The molecule has 1 unspecified atom stereocenters. The van der Waals surface area contributed by atoms with Crippen LogP contribution in [-0.4, -0.2) is 41.2 Å². The molecule has 2 heterocycles. The Hall–Kier alpha value is -3.51. The maximum absolute atomic E-state index is 14.0. The molecular formula is C29H30FN3O2. The highest BCUT2D eigenvalue weighted by Crippen LogP contribution is 2.31. The molecule has 1 aromatic heterocycles. The van der Waals surface area contributed by atoms with Gasteiger partial charge in [0.25, 0.3) is 5.56 Å². The third kappa shape index (κ3) is 4.71. The van der Waals surface area contributed by atoms with Crippen molar-refractivity contribution in [1.29, 1.82) is 0 Å². The Balaban J connectivity index is 1.67. The minimum absolute atomic E-state index is 0.0808. The number of hydrogen-bond donors (Lipinski definition) is 0. The lowest BCUT2D eigenvalue weighted by molar-refractivity contribution is 0.169. The van der Waals surface area contributed by atoms with E-state index in [2.05, 4.69) is 11.8 Å². The van der Waals surface area contributed by atoms with Gasteiger partial charge < -0.3 is 9.64 Å². The van der Waals surface area contributed by atoms with Crippen LogP contribution in [0.1, 0.15) is 19.8 Å². The second kappa shape index (κ2) is 10.0. The molecule has 35 heavy (non-hydrogen) atoms. The van der Waals surface area contributed by atoms with Gasteiger partial charge in [-0.2, -0.15) is 0 Å². The molecule has 0 radical (unpaired) electrons. The summed E-state index contributed by atoms with van der Waals surface area (Å²) in [5, 5.41) is 0.536. The molecule has 6 heteroatoms. The van der Waals surface area contributed by atoms with Crippen LogP contribution in [0.4, 0.5) is 4.39 Å². The molecular weight excluding hydrogens is 441 g/mol. The van der Waals surface area contributed by atoms with E-state index in [-0.39, 0.29) is 11.4 Å². The third-order valence-electron chi connectivity index (χ3n) is 6.95. The van der Waals surface area contributed by atoms with Gasteiger partial charge in [-0.3, -0.25) is 9.36 Å². The van der Waals surface area contributed by atoms with Crippen LogP contribution in [0.25, 0.3) is 33.4 Å². The molecule has 3 aromatic carbocycles.